The van der Waals surface area contributed by atoms with E-state index in [1.54, 1.807) is 31.2 Å². The van der Waals surface area contributed by atoms with Crippen LogP contribution in [0.5, 0.6) is 0 Å². The van der Waals surface area contributed by atoms with Gasteiger partial charge in [-0.15, -0.1) is 0 Å². The third-order valence-corrected chi connectivity index (χ3v) is 8.39. The summed E-state index contributed by atoms with van der Waals surface area (Å²) in [4.78, 5) is 11.5. The number of para-hydroxylation sites is 1. The largest absolute Gasteiger partial charge is 0.478 e. The Labute approximate surface area is 191 Å². The van der Waals surface area contributed by atoms with Crippen LogP contribution in [0.3, 0.4) is 0 Å². The zero-order valence-electron chi connectivity index (χ0n) is 17.3. The Hall–Kier alpha value is -3.29. The Morgan fingerprint density at radius 3 is 2.28 bits per heavy atom. The van der Waals surface area contributed by atoms with E-state index in [0.717, 1.165) is 28.3 Å². The highest BCUT2D eigenvalue weighted by atomic mass is 32.3. The van der Waals surface area contributed by atoms with Crippen LogP contribution >= 0.6 is 11.9 Å². The molecule has 0 atom stereocenters. The van der Waals surface area contributed by atoms with E-state index in [-0.39, 0.29) is 10.5 Å². The fourth-order valence-corrected chi connectivity index (χ4v) is 6.17. The molecule has 0 bridgehead atoms. The van der Waals surface area contributed by atoms with Crippen LogP contribution in [-0.4, -0.2) is 19.5 Å². The number of sulfonamides is 1. The third-order valence-electron chi connectivity index (χ3n) is 5.08. The second kappa shape index (κ2) is 9.06. The molecule has 0 aliphatic rings. The molecular weight excluding hydrogens is 442 g/mol. The topological polar surface area (TPSA) is 74.7 Å². The molecule has 4 aromatic carbocycles. The predicted molar refractivity (Wildman–Crippen MR) is 129 cm³/mol. The third kappa shape index (κ3) is 4.49. The van der Waals surface area contributed by atoms with Crippen molar-refractivity contribution in [3.8, 4) is 0 Å². The average Bonchev–Trinajstić information content (AvgIpc) is 2.79. The molecule has 0 spiro atoms. The lowest BCUT2D eigenvalue weighted by molar-refractivity contribution is 0.0696. The number of carboxylic acid groups (broad SMARTS) is 1. The summed E-state index contributed by atoms with van der Waals surface area (Å²) in [6.45, 7) is 1.64. The molecule has 32 heavy (non-hydrogen) atoms. The summed E-state index contributed by atoms with van der Waals surface area (Å²) in [5, 5.41) is 11.6. The summed E-state index contributed by atoms with van der Waals surface area (Å²) in [6.07, 6.45) is 0. The molecular formula is C25H21NO4S2. The first kappa shape index (κ1) is 21.9. The molecule has 0 saturated carbocycles. The minimum Gasteiger partial charge on any atom is -0.478 e. The lowest BCUT2D eigenvalue weighted by Crippen LogP contribution is -2.25. The van der Waals surface area contributed by atoms with Crippen molar-refractivity contribution in [1.29, 1.82) is 0 Å². The molecule has 0 heterocycles. The van der Waals surface area contributed by atoms with Gasteiger partial charge in [0, 0.05) is 5.75 Å². The quantitative estimate of drug-likeness (QED) is 0.346. The maximum Gasteiger partial charge on any atom is 0.335 e. The Bertz CT molecular complexity index is 1390. The predicted octanol–water partition coefficient (Wildman–Crippen LogP) is 5.89. The summed E-state index contributed by atoms with van der Waals surface area (Å²) in [5.41, 5.74) is 1.96. The van der Waals surface area contributed by atoms with Gasteiger partial charge in [0.1, 0.15) is 0 Å². The normalized spacial score (nSPS) is 11.4. The number of benzene rings is 4. The number of aromatic carboxylic acids is 1. The van der Waals surface area contributed by atoms with Crippen LogP contribution in [0.15, 0.2) is 95.9 Å². The number of carbonyl (C=O) groups is 1. The average molecular weight is 464 g/mol. The van der Waals surface area contributed by atoms with Crippen molar-refractivity contribution in [3.05, 3.63) is 108 Å². The molecule has 4 aromatic rings. The van der Waals surface area contributed by atoms with E-state index in [0.29, 0.717) is 17.0 Å². The number of rotatable bonds is 7. The minimum atomic E-state index is -4.01. The van der Waals surface area contributed by atoms with Crippen LogP contribution in [0.2, 0.25) is 0 Å². The molecule has 0 aliphatic carbocycles. The van der Waals surface area contributed by atoms with Crippen molar-refractivity contribution in [2.75, 3.05) is 3.71 Å². The van der Waals surface area contributed by atoms with Gasteiger partial charge in [0.15, 0.2) is 0 Å². The van der Waals surface area contributed by atoms with Gasteiger partial charge in [-0.05, 0) is 65.0 Å². The molecule has 0 radical (unpaired) electrons. The van der Waals surface area contributed by atoms with E-state index >= 15 is 0 Å². The van der Waals surface area contributed by atoms with Gasteiger partial charge >= 0.3 is 5.97 Å². The van der Waals surface area contributed by atoms with Crippen LogP contribution in [0.1, 0.15) is 21.5 Å². The van der Waals surface area contributed by atoms with E-state index in [9.17, 15) is 18.3 Å². The molecule has 0 amide bonds. The summed E-state index contributed by atoms with van der Waals surface area (Å²) < 4.78 is 28.4. The van der Waals surface area contributed by atoms with Gasteiger partial charge < -0.3 is 5.11 Å². The molecule has 4 rings (SSSR count). The van der Waals surface area contributed by atoms with Gasteiger partial charge in [-0.2, -0.15) is 0 Å². The Balaban J connectivity index is 1.70. The first-order chi connectivity index (χ1) is 15.4. The fourth-order valence-electron chi connectivity index (χ4n) is 3.38. The van der Waals surface area contributed by atoms with E-state index in [4.69, 9.17) is 0 Å². The van der Waals surface area contributed by atoms with Crippen LogP contribution in [-0.2, 0) is 15.8 Å². The Kier molecular flexibility index (Phi) is 6.21. The second-order valence-electron chi connectivity index (χ2n) is 7.30. The van der Waals surface area contributed by atoms with Crippen LogP contribution in [0.25, 0.3) is 10.8 Å². The number of hydrogen-bond donors (Lipinski definition) is 1. The maximum atomic E-state index is 13.6. The maximum absolute atomic E-state index is 13.6. The van der Waals surface area contributed by atoms with Gasteiger partial charge in [0.05, 0.1) is 16.1 Å². The molecule has 0 fully saturated rings. The van der Waals surface area contributed by atoms with E-state index in [1.165, 1.54) is 21.9 Å². The van der Waals surface area contributed by atoms with Gasteiger partial charge in [0.2, 0.25) is 0 Å². The molecule has 0 unspecified atom stereocenters. The highest BCUT2D eigenvalue weighted by molar-refractivity contribution is 8.14. The first-order valence-corrected chi connectivity index (χ1v) is 12.3. The van der Waals surface area contributed by atoms with Crippen molar-refractivity contribution in [3.63, 3.8) is 0 Å². The lowest BCUT2D eigenvalue weighted by atomic mass is 10.1. The van der Waals surface area contributed by atoms with Crippen molar-refractivity contribution >= 4 is 44.4 Å². The van der Waals surface area contributed by atoms with Crippen LogP contribution in [0, 0.1) is 6.92 Å². The first-order valence-electron chi connectivity index (χ1n) is 9.91. The van der Waals surface area contributed by atoms with Gasteiger partial charge in [-0.3, -0.25) is 0 Å². The smallest absolute Gasteiger partial charge is 0.335 e. The van der Waals surface area contributed by atoms with Gasteiger partial charge in [0.25, 0.3) is 10.0 Å². The van der Waals surface area contributed by atoms with E-state index in [2.05, 4.69) is 0 Å². The van der Waals surface area contributed by atoms with Gasteiger partial charge in [-0.1, -0.05) is 66.7 Å². The van der Waals surface area contributed by atoms with Crippen molar-refractivity contribution < 1.29 is 18.3 Å². The van der Waals surface area contributed by atoms with Crippen molar-refractivity contribution in [2.24, 2.45) is 0 Å². The summed E-state index contributed by atoms with van der Waals surface area (Å²) in [7, 11) is -4.01. The second-order valence-corrected chi connectivity index (χ2v) is 10.2. The number of fused-ring (bicyclic) bond motifs is 1. The monoisotopic (exact) mass is 463 g/mol. The molecule has 7 heteroatoms. The van der Waals surface area contributed by atoms with Crippen molar-refractivity contribution in [1.82, 2.24) is 0 Å². The summed E-state index contributed by atoms with van der Waals surface area (Å²) in [6, 6.07) is 27.0. The Morgan fingerprint density at radius 2 is 1.56 bits per heavy atom. The number of anilines is 1. The zero-order chi connectivity index (χ0) is 22.7. The summed E-state index contributed by atoms with van der Waals surface area (Å²) >= 11 is 1.15. The number of nitrogens with zero attached hydrogens (tertiary/aromatic N) is 1. The number of carboxylic acids is 1. The van der Waals surface area contributed by atoms with E-state index in [1.807, 2.05) is 48.5 Å². The van der Waals surface area contributed by atoms with E-state index < -0.39 is 16.0 Å². The van der Waals surface area contributed by atoms with Crippen LogP contribution < -0.4 is 3.71 Å². The minimum absolute atomic E-state index is 0.0291. The molecule has 0 saturated heterocycles. The fraction of sp³-hybridized carbons (Fsp3) is 0.0800. The molecule has 1 N–H and O–H groups in total. The van der Waals surface area contributed by atoms with Gasteiger partial charge in [-0.25, -0.2) is 16.9 Å². The number of hydrogen-bond acceptors (Lipinski definition) is 4. The zero-order valence-corrected chi connectivity index (χ0v) is 18.9. The molecule has 5 nitrogen and oxygen atoms in total. The number of aryl methyl sites for hydroxylation is 1. The van der Waals surface area contributed by atoms with Crippen molar-refractivity contribution in [2.45, 2.75) is 17.6 Å². The highest BCUT2D eigenvalue weighted by Crippen LogP contribution is 2.33. The summed E-state index contributed by atoms with van der Waals surface area (Å²) in [5.74, 6) is -0.731. The highest BCUT2D eigenvalue weighted by Gasteiger charge is 2.27. The molecule has 0 aliphatic heterocycles. The Morgan fingerprint density at radius 1 is 0.875 bits per heavy atom. The lowest BCUT2D eigenvalue weighted by Gasteiger charge is -2.23. The standard InChI is InChI=1S/C25H21NO4S2/c1-18-11-14-23(16-24(18)25(27)28)32(29,30)26(22-9-3-2-4-10-22)31-17-19-12-13-20-7-5-6-8-21(20)15-19/h2-16H,17H2,1H3,(H,27,28). The molecule has 0 aromatic heterocycles. The van der Waals surface area contributed by atoms with Crippen LogP contribution in [0.4, 0.5) is 5.69 Å². The molecule has 162 valence electrons. The SMILES string of the molecule is Cc1ccc(S(=O)(=O)N(SCc2ccc3ccccc3c2)c2ccccc2)cc1C(=O)O.